The van der Waals surface area contributed by atoms with Gasteiger partial charge in [0.1, 0.15) is 5.75 Å². The molecular weight excluding hydrogens is 394 g/mol. The topological polar surface area (TPSA) is 105 Å². The van der Waals surface area contributed by atoms with Crippen molar-refractivity contribution in [2.24, 2.45) is 0 Å². The molecule has 8 nitrogen and oxygen atoms in total. The summed E-state index contributed by atoms with van der Waals surface area (Å²) in [7, 11) is -2.23. The molecule has 0 aliphatic carbocycles. The van der Waals surface area contributed by atoms with E-state index in [1.165, 1.54) is 23.4 Å². The Bertz CT molecular complexity index is 1100. The smallest absolute Gasteiger partial charge is 0.243 e. The number of carbonyl (C=O) groups is 2. The number of benzene rings is 2. The zero-order valence-electron chi connectivity index (χ0n) is 16.1. The summed E-state index contributed by atoms with van der Waals surface area (Å²) in [5.41, 5.74) is 1.05. The Labute approximate surface area is 168 Å². The molecule has 0 bridgehead atoms. The number of anilines is 2. The Morgan fingerprint density at radius 3 is 2.59 bits per heavy atom. The minimum Gasteiger partial charge on any atom is -0.497 e. The molecule has 152 valence electrons. The van der Waals surface area contributed by atoms with Gasteiger partial charge in [-0.3, -0.25) is 9.59 Å². The van der Waals surface area contributed by atoms with E-state index in [0.29, 0.717) is 23.5 Å². The molecular formula is C20H21N3O5S. The molecule has 2 N–H and O–H groups in total. The lowest BCUT2D eigenvalue weighted by atomic mass is 9.81. The van der Waals surface area contributed by atoms with Crippen LogP contribution in [0.4, 0.5) is 11.4 Å². The fourth-order valence-corrected chi connectivity index (χ4v) is 5.47. The van der Waals surface area contributed by atoms with Crippen molar-refractivity contribution in [2.75, 3.05) is 30.8 Å². The second-order valence-corrected chi connectivity index (χ2v) is 9.18. The number of ether oxygens (including phenoxy) is 1. The molecule has 0 saturated carbocycles. The average molecular weight is 415 g/mol. The maximum Gasteiger partial charge on any atom is 0.243 e. The van der Waals surface area contributed by atoms with Crippen molar-refractivity contribution in [3.8, 4) is 5.75 Å². The highest BCUT2D eigenvalue weighted by Crippen LogP contribution is 2.46. The fraction of sp³-hybridized carbons (Fsp3) is 0.300. The highest BCUT2D eigenvalue weighted by atomic mass is 32.2. The van der Waals surface area contributed by atoms with Gasteiger partial charge in [0, 0.05) is 31.4 Å². The van der Waals surface area contributed by atoms with E-state index in [-0.39, 0.29) is 29.8 Å². The van der Waals surface area contributed by atoms with Gasteiger partial charge in [0.25, 0.3) is 0 Å². The van der Waals surface area contributed by atoms with Crippen molar-refractivity contribution in [2.45, 2.75) is 23.7 Å². The lowest BCUT2D eigenvalue weighted by molar-refractivity contribution is -0.120. The normalized spacial score (nSPS) is 21.1. The van der Waals surface area contributed by atoms with Crippen LogP contribution in [0.1, 0.15) is 18.9 Å². The first kappa shape index (κ1) is 19.4. The highest BCUT2D eigenvalue weighted by Gasteiger charge is 2.53. The van der Waals surface area contributed by atoms with Gasteiger partial charge in [-0.15, -0.1) is 0 Å². The van der Waals surface area contributed by atoms with Crippen molar-refractivity contribution in [3.63, 3.8) is 0 Å². The molecule has 4 rings (SSSR count). The quantitative estimate of drug-likeness (QED) is 0.794. The van der Waals surface area contributed by atoms with E-state index in [0.717, 1.165) is 5.56 Å². The van der Waals surface area contributed by atoms with Crippen LogP contribution in [0.2, 0.25) is 0 Å². The predicted octanol–water partition coefficient (Wildman–Crippen LogP) is 1.94. The molecule has 0 radical (unpaired) electrons. The number of nitrogens with zero attached hydrogens (tertiary/aromatic N) is 1. The number of hydrogen-bond donors (Lipinski definition) is 2. The first-order valence-electron chi connectivity index (χ1n) is 9.14. The predicted molar refractivity (Wildman–Crippen MR) is 107 cm³/mol. The van der Waals surface area contributed by atoms with Gasteiger partial charge in [-0.05, 0) is 54.4 Å². The van der Waals surface area contributed by atoms with Crippen LogP contribution in [0.15, 0.2) is 47.4 Å². The molecule has 2 aromatic rings. The molecule has 2 aliphatic heterocycles. The lowest BCUT2D eigenvalue weighted by Gasteiger charge is -2.23. The first-order valence-corrected chi connectivity index (χ1v) is 10.6. The van der Waals surface area contributed by atoms with Gasteiger partial charge in [0.15, 0.2) is 0 Å². The van der Waals surface area contributed by atoms with E-state index < -0.39 is 15.4 Å². The number of rotatable bonds is 4. The van der Waals surface area contributed by atoms with Gasteiger partial charge in [-0.25, -0.2) is 8.42 Å². The van der Waals surface area contributed by atoms with Gasteiger partial charge in [-0.1, -0.05) is 0 Å². The molecule has 0 aromatic heterocycles. The molecule has 2 amide bonds. The molecule has 2 aromatic carbocycles. The number of hydrogen-bond acceptors (Lipinski definition) is 5. The Morgan fingerprint density at radius 2 is 1.93 bits per heavy atom. The van der Waals surface area contributed by atoms with Crippen LogP contribution in [0.3, 0.4) is 0 Å². The molecule has 2 heterocycles. The Morgan fingerprint density at radius 1 is 1.21 bits per heavy atom. The molecule has 9 heteroatoms. The summed E-state index contributed by atoms with van der Waals surface area (Å²) in [6.45, 7) is 1.68. The molecule has 0 unspecified atom stereocenters. The zero-order valence-corrected chi connectivity index (χ0v) is 16.9. The van der Waals surface area contributed by atoms with E-state index in [4.69, 9.17) is 4.74 Å². The largest absolute Gasteiger partial charge is 0.497 e. The third kappa shape index (κ3) is 3.16. The van der Waals surface area contributed by atoms with Crippen LogP contribution in [0.5, 0.6) is 5.75 Å². The third-order valence-electron chi connectivity index (χ3n) is 5.47. The van der Waals surface area contributed by atoms with Crippen LogP contribution in [0, 0.1) is 0 Å². The minimum absolute atomic E-state index is 0.0643. The Hall–Kier alpha value is -2.91. The maximum absolute atomic E-state index is 13.1. The summed E-state index contributed by atoms with van der Waals surface area (Å²) in [5, 5.41) is 5.47. The van der Waals surface area contributed by atoms with Gasteiger partial charge in [0.2, 0.25) is 21.8 Å². The van der Waals surface area contributed by atoms with Crippen molar-refractivity contribution in [1.82, 2.24) is 4.31 Å². The molecule has 1 atom stereocenters. The van der Waals surface area contributed by atoms with Gasteiger partial charge < -0.3 is 15.4 Å². The summed E-state index contributed by atoms with van der Waals surface area (Å²) >= 11 is 0. The number of methoxy groups -OCH3 is 1. The van der Waals surface area contributed by atoms with Crippen LogP contribution in [-0.2, 0) is 25.0 Å². The maximum atomic E-state index is 13.1. The first-order chi connectivity index (χ1) is 13.8. The summed E-state index contributed by atoms with van der Waals surface area (Å²) in [4.78, 5) is 24.1. The highest BCUT2D eigenvalue weighted by molar-refractivity contribution is 7.89. The Kier molecular flexibility index (Phi) is 4.59. The van der Waals surface area contributed by atoms with E-state index >= 15 is 0 Å². The second-order valence-electron chi connectivity index (χ2n) is 7.24. The SMILES string of the molecule is COc1ccc2c(c1)[C@@]1(CCN(S(=O)(=O)c3ccc(NC(C)=O)cc3)C1)C(=O)N2. The molecule has 2 aliphatic rings. The van der Waals surface area contributed by atoms with E-state index in [1.54, 1.807) is 37.4 Å². The number of fused-ring (bicyclic) bond motifs is 2. The number of carbonyl (C=O) groups excluding carboxylic acids is 2. The van der Waals surface area contributed by atoms with Gasteiger partial charge >= 0.3 is 0 Å². The summed E-state index contributed by atoms with van der Waals surface area (Å²) in [6, 6.07) is 11.3. The lowest BCUT2D eigenvalue weighted by Crippen LogP contribution is -2.39. The molecule has 1 fully saturated rings. The molecule has 1 saturated heterocycles. The standard InChI is InChI=1S/C20H21N3O5S/c1-13(24)21-14-3-6-16(7-4-14)29(26,27)23-10-9-20(12-23)17-11-15(28-2)5-8-18(17)22-19(20)25/h3-8,11H,9-10,12H2,1-2H3,(H,21,24)(H,22,25)/t20-/m0/s1. The number of amides is 2. The average Bonchev–Trinajstić information content (AvgIpc) is 3.25. The molecule has 29 heavy (non-hydrogen) atoms. The van der Waals surface area contributed by atoms with Crippen LogP contribution < -0.4 is 15.4 Å². The zero-order chi connectivity index (χ0) is 20.8. The van der Waals surface area contributed by atoms with Crippen LogP contribution >= 0.6 is 0 Å². The summed E-state index contributed by atoms with van der Waals surface area (Å²) in [6.07, 6.45) is 0.391. The van der Waals surface area contributed by atoms with E-state index in [1.807, 2.05) is 0 Å². The Balaban J connectivity index is 1.63. The molecule has 1 spiro atoms. The van der Waals surface area contributed by atoms with Crippen molar-refractivity contribution < 1.29 is 22.7 Å². The van der Waals surface area contributed by atoms with Gasteiger partial charge in [-0.2, -0.15) is 4.31 Å². The fourth-order valence-electron chi connectivity index (χ4n) is 3.97. The summed E-state index contributed by atoms with van der Waals surface area (Å²) in [5.74, 6) is 0.192. The minimum atomic E-state index is -3.78. The van der Waals surface area contributed by atoms with Crippen molar-refractivity contribution >= 4 is 33.2 Å². The van der Waals surface area contributed by atoms with E-state index in [9.17, 15) is 18.0 Å². The van der Waals surface area contributed by atoms with Crippen molar-refractivity contribution in [1.29, 1.82) is 0 Å². The van der Waals surface area contributed by atoms with E-state index in [2.05, 4.69) is 10.6 Å². The number of nitrogens with one attached hydrogen (secondary N) is 2. The number of sulfonamides is 1. The third-order valence-corrected chi connectivity index (χ3v) is 7.33. The van der Waals surface area contributed by atoms with Crippen molar-refractivity contribution in [3.05, 3.63) is 48.0 Å². The summed E-state index contributed by atoms with van der Waals surface area (Å²) < 4.78 is 32.9. The van der Waals surface area contributed by atoms with Crippen LogP contribution in [0.25, 0.3) is 0 Å². The van der Waals surface area contributed by atoms with Crippen LogP contribution in [-0.4, -0.2) is 44.7 Å². The second kappa shape index (κ2) is 6.85. The van der Waals surface area contributed by atoms with Gasteiger partial charge in [0.05, 0.1) is 17.4 Å². The monoisotopic (exact) mass is 415 g/mol.